The number of nitrogens with zero attached hydrogens (tertiary/aromatic N) is 3. The van der Waals surface area contributed by atoms with E-state index in [1.807, 2.05) is 0 Å². The summed E-state index contributed by atoms with van der Waals surface area (Å²) in [5, 5.41) is 13.5. The van der Waals surface area contributed by atoms with E-state index in [-0.39, 0.29) is 22.8 Å². The van der Waals surface area contributed by atoms with Gasteiger partial charge < -0.3 is 5.32 Å². The number of hydrogen-bond donors (Lipinski definition) is 1. The zero-order chi connectivity index (χ0) is 14.7. The van der Waals surface area contributed by atoms with Crippen LogP contribution >= 0.6 is 11.6 Å². The number of nitro groups is 1. The molecular weight excluding hydrogens is 287 g/mol. The molecule has 1 aromatic carbocycles. The fourth-order valence-electron chi connectivity index (χ4n) is 1.69. The van der Waals surface area contributed by atoms with Gasteiger partial charge in [0.1, 0.15) is 12.1 Å². The summed E-state index contributed by atoms with van der Waals surface area (Å²) in [6, 6.07) is 5.54. The van der Waals surface area contributed by atoms with E-state index in [1.54, 1.807) is 19.1 Å². The number of rotatable bonds is 4. The summed E-state index contributed by atoms with van der Waals surface area (Å²) in [7, 11) is 0. The van der Waals surface area contributed by atoms with E-state index in [0.29, 0.717) is 5.56 Å². The Morgan fingerprint density at radius 1 is 1.45 bits per heavy atom. The van der Waals surface area contributed by atoms with Crippen molar-refractivity contribution in [3.63, 3.8) is 0 Å². The van der Waals surface area contributed by atoms with E-state index in [1.165, 1.54) is 12.1 Å². The summed E-state index contributed by atoms with van der Waals surface area (Å²) >= 11 is 5.69. The Kier molecular flexibility index (Phi) is 4.09. The molecule has 0 saturated heterocycles. The highest BCUT2D eigenvalue weighted by Crippen LogP contribution is 2.30. The molecule has 0 aliphatic carbocycles. The topological polar surface area (TPSA) is 81.0 Å². The second-order valence-electron chi connectivity index (χ2n) is 4.04. The molecule has 0 spiro atoms. The van der Waals surface area contributed by atoms with Crippen LogP contribution in [0, 0.1) is 15.9 Å². The molecule has 6 nitrogen and oxygen atoms in total. The van der Waals surface area contributed by atoms with Crippen molar-refractivity contribution in [2.75, 3.05) is 5.32 Å². The first-order valence-corrected chi connectivity index (χ1v) is 6.03. The van der Waals surface area contributed by atoms with Crippen molar-refractivity contribution in [3.8, 4) is 0 Å². The van der Waals surface area contributed by atoms with Gasteiger partial charge in [0.05, 0.1) is 11.0 Å². The summed E-state index contributed by atoms with van der Waals surface area (Å²) in [5.74, 6) is -0.391. The van der Waals surface area contributed by atoms with Gasteiger partial charge in [-0.05, 0) is 24.6 Å². The average Bonchev–Trinajstić information content (AvgIpc) is 2.38. The van der Waals surface area contributed by atoms with Crippen LogP contribution in [0.2, 0.25) is 5.15 Å². The maximum absolute atomic E-state index is 13.2. The maximum Gasteiger partial charge on any atom is 0.348 e. The molecule has 0 saturated carbocycles. The molecule has 1 N–H and O–H groups in total. The van der Waals surface area contributed by atoms with Gasteiger partial charge >= 0.3 is 5.69 Å². The van der Waals surface area contributed by atoms with E-state index in [4.69, 9.17) is 11.6 Å². The first-order chi connectivity index (χ1) is 9.49. The zero-order valence-electron chi connectivity index (χ0n) is 10.4. The fraction of sp³-hybridized carbons (Fsp3) is 0.167. The Balaban J connectivity index is 2.30. The molecule has 2 aromatic rings. The molecule has 0 radical (unpaired) electrons. The normalized spacial score (nSPS) is 11.9. The Bertz CT molecular complexity index is 653. The molecule has 0 amide bonds. The average molecular weight is 297 g/mol. The lowest BCUT2D eigenvalue weighted by Crippen LogP contribution is -2.10. The van der Waals surface area contributed by atoms with Gasteiger partial charge in [-0.2, -0.15) is 0 Å². The minimum absolute atomic E-state index is 0.00763. The van der Waals surface area contributed by atoms with Crippen LogP contribution in [0.3, 0.4) is 0 Å². The molecular formula is C12H10ClFN4O2. The molecule has 8 heteroatoms. The second kappa shape index (κ2) is 5.79. The second-order valence-corrected chi connectivity index (χ2v) is 4.40. The lowest BCUT2D eigenvalue weighted by Gasteiger charge is -2.14. The molecule has 20 heavy (non-hydrogen) atoms. The van der Waals surface area contributed by atoms with Crippen molar-refractivity contribution in [2.45, 2.75) is 13.0 Å². The van der Waals surface area contributed by atoms with Gasteiger partial charge in [-0.25, -0.2) is 14.4 Å². The van der Waals surface area contributed by atoms with E-state index in [2.05, 4.69) is 15.3 Å². The van der Waals surface area contributed by atoms with Crippen molar-refractivity contribution in [1.82, 2.24) is 9.97 Å². The SMILES string of the molecule is CC(Nc1ncnc(Cl)c1[N+](=O)[O-])c1cccc(F)c1. The molecule has 0 fully saturated rings. The molecule has 0 aliphatic heterocycles. The Morgan fingerprint density at radius 3 is 2.85 bits per heavy atom. The summed E-state index contributed by atoms with van der Waals surface area (Å²) in [5.41, 5.74) is 0.228. The Hall–Kier alpha value is -2.28. The molecule has 1 unspecified atom stereocenters. The van der Waals surface area contributed by atoms with Crippen LogP contribution in [-0.4, -0.2) is 14.9 Å². The first kappa shape index (κ1) is 14.1. The fourth-order valence-corrected chi connectivity index (χ4v) is 1.89. The zero-order valence-corrected chi connectivity index (χ0v) is 11.1. The summed E-state index contributed by atoms with van der Waals surface area (Å²) in [6.07, 6.45) is 1.12. The number of nitrogens with one attached hydrogen (secondary N) is 1. The smallest absolute Gasteiger partial charge is 0.348 e. The highest BCUT2D eigenvalue weighted by atomic mass is 35.5. The lowest BCUT2D eigenvalue weighted by molar-refractivity contribution is -0.384. The van der Waals surface area contributed by atoms with Crippen LogP contribution < -0.4 is 5.32 Å². The van der Waals surface area contributed by atoms with Crippen LogP contribution in [0.15, 0.2) is 30.6 Å². The number of hydrogen-bond acceptors (Lipinski definition) is 5. The highest BCUT2D eigenvalue weighted by molar-refractivity contribution is 6.31. The largest absolute Gasteiger partial charge is 0.358 e. The number of benzene rings is 1. The van der Waals surface area contributed by atoms with Crippen LogP contribution in [0.5, 0.6) is 0 Å². The van der Waals surface area contributed by atoms with Gasteiger partial charge in [0.15, 0.2) is 0 Å². The predicted octanol–water partition coefficient (Wildman–Crippen LogP) is 3.35. The van der Waals surface area contributed by atoms with Gasteiger partial charge in [0.25, 0.3) is 0 Å². The minimum Gasteiger partial charge on any atom is -0.358 e. The van der Waals surface area contributed by atoms with E-state index < -0.39 is 10.6 Å². The minimum atomic E-state index is -0.664. The van der Waals surface area contributed by atoms with Crippen molar-refractivity contribution in [3.05, 3.63) is 57.2 Å². The van der Waals surface area contributed by atoms with Crippen LogP contribution in [0.1, 0.15) is 18.5 Å². The summed E-state index contributed by atoms with van der Waals surface area (Å²) < 4.78 is 13.2. The molecule has 0 aliphatic rings. The van der Waals surface area contributed by atoms with Crippen molar-refractivity contribution in [2.24, 2.45) is 0 Å². The van der Waals surface area contributed by atoms with Crippen molar-refractivity contribution >= 4 is 23.1 Å². The highest BCUT2D eigenvalue weighted by Gasteiger charge is 2.22. The van der Waals surface area contributed by atoms with Crippen molar-refractivity contribution in [1.29, 1.82) is 0 Å². The Labute approximate surface area is 118 Å². The number of halogens is 2. The van der Waals surface area contributed by atoms with Crippen molar-refractivity contribution < 1.29 is 9.31 Å². The van der Waals surface area contributed by atoms with Gasteiger partial charge in [-0.15, -0.1) is 0 Å². The standard InChI is InChI=1S/C12H10ClFN4O2/c1-7(8-3-2-4-9(14)5-8)17-12-10(18(19)20)11(13)15-6-16-12/h2-7H,1H3,(H,15,16,17). The predicted molar refractivity (Wildman–Crippen MR) is 72.1 cm³/mol. The number of anilines is 1. The number of aromatic nitrogens is 2. The van der Waals surface area contributed by atoms with Gasteiger partial charge in [0.2, 0.25) is 11.0 Å². The van der Waals surface area contributed by atoms with Gasteiger partial charge in [-0.3, -0.25) is 10.1 Å². The molecule has 1 atom stereocenters. The monoisotopic (exact) mass is 296 g/mol. The molecule has 104 valence electrons. The first-order valence-electron chi connectivity index (χ1n) is 5.66. The van der Waals surface area contributed by atoms with Crippen LogP contribution in [0.25, 0.3) is 0 Å². The lowest BCUT2D eigenvalue weighted by atomic mass is 10.1. The Morgan fingerprint density at radius 2 is 2.20 bits per heavy atom. The third-order valence-electron chi connectivity index (χ3n) is 2.66. The van der Waals surface area contributed by atoms with Crippen LogP contribution in [-0.2, 0) is 0 Å². The molecule has 1 aromatic heterocycles. The third-order valence-corrected chi connectivity index (χ3v) is 2.94. The summed E-state index contributed by atoms with van der Waals surface area (Å²) in [4.78, 5) is 17.7. The maximum atomic E-state index is 13.2. The van der Waals surface area contributed by atoms with Gasteiger partial charge in [0, 0.05) is 0 Å². The quantitative estimate of drug-likeness (QED) is 0.531. The van der Waals surface area contributed by atoms with Crippen LogP contribution in [0.4, 0.5) is 15.9 Å². The van der Waals surface area contributed by atoms with E-state index in [9.17, 15) is 14.5 Å². The van der Waals surface area contributed by atoms with E-state index in [0.717, 1.165) is 6.33 Å². The molecule has 1 heterocycles. The van der Waals surface area contributed by atoms with E-state index >= 15 is 0 Å². The summed E-state index contributed by atoms with van der Waals surface area (Å²) in [6.45, 7) is 1.73. The molecule has 2 rings (SSSR count). The van der Waals surface area contributed by atoms with Gasteiger partial charge in [-0.1, -0.05) is 23.7 Å². The third kappa shape index (κ3) is 3.00. The molecule has 0 bridgehead atoms.